The third kappa shape index (κ3) is 4.89. The monoisotopic (exact) mass is 475 g/mol. The highest BCUT2D eigenvalue weighted by molar-refractivity contribution is 6.51. The minimum atomic E-state index is -0.897. The SMILES string of the molecule is CCOc1ccc(N2C(=O)C(=O)/C(=C(/O)c3ccc(F)cc3)C2c2ccc(OC(C)C)cc2)cc1. The number of carbonyl (C=O) groups is 2. The molecule has 1 amide bonds. The Hall–Kier alpha value is -4.13. The molecule has 6 nitrogen and oxygen atoms in total. The van der Waals surface area contributed by atoms with Crippen LogP contribution >= 0.6 is 0 Å². The second kappa shape index (κ2) is 10.0. The van der Waals surface area contributed by atoms with Crippen molar-refractivity contribution >= 4 is 23.1 Å². The molecular weight excluding hydrogens is 449 g/mol. The third-order valence-electron chi connectivity index (χ3n) is 5.56. The summed E-state index contributed by atoms with van der Waals surface area (Å²) in [6.07, 6.45) is -0.0196. The van der Waals surface area contributed by atoms with Crippen molar-refractivity contribution in [1.29, 1.82) is 0 Å². The van der Waals surface area contributed by atoms with Crippen LogP contribution in [-0.2, 0) is 9.59 Å². The molecule has 0 radical (unpaired) electrons. The Morgan fingerprint density at radius 1 is 0.943 bits per heavy atom. The van der Waals surface area contributed by atoms with Gasteiger partial charge in [0.2, 0.25) is 0 Å². The van der Waals surface area contributed by atoms with E-state index < -0.39 is 23.5 Å². The summed E-state index contributed by atoms with van der Waals surface area (Å²) in [5, 5.41) is 11.1. The summed E-state index contributed by atoms with van der Waals surface area (Å²) < 4.78 is 24.7. The molecule has 180 valence electrons. The quantitative estimate of drug-likeness (QED) is 0.272. The van der Waals surface area contributed by atoms with Crippen LogP contribution in [0.3, 0.4) is 0 Å². The highest BCUT2D eigenvalue weighted by Gasteiger charge is 2.47. The molecular formula is C28H26FNO5. The molecule has 0 bridgehead atoms. The first-order valence-electron chi connectivity index (χ1n) is 11.4. The average Bonchev–Trinajstić information content (AvgIpc) is 3.10. The van der Waals surface area contributed by atoms with Gasteiger partial charge in [-0.25, -0.2) is 4.39 Å². The predicted octanol–water partition coefficient (Wildman–Crippen LogP) is 5.64. The first-order chi connectivity index (χ1) is 16.8. The number of anilines is 1. The fourth-order valence-corrected chi connectivity index (χ4v) is 4.05. The second-order valence-corrected chi connectivity index (χ2v) is 8.34. The smallest absolute Gasteiger partial charge is 0.300 e. The maximum Gasteiger partial charge on any atom is 0.300 e. The van der Waals surface area contributed by atoms with E-state index in [-0.39, 0.29) is 23.0 Å². The standard InChI is InChI=1S/C28H26FNO5/c1-4-34-22-15-11-21(12-16-22)30-25(18-7-13-23(14-8-18)35-17(2)3)24(27(32)28(30)33)26(31)19-5-9-20(29)10-6-19/h5-17,25,31H,4H2,1-3H3/b26-24+. The van der Waals surface area contributed by atoms with Gasteiger partial charge in [0, 0.05) is 11.3 Å². The fraction of sp³-hybridized carbons (Fsp3) is 0.214. The summed E-state index contributed by atoms with van der Waals surface area (Å²) in [5.41, 5.74) is 1.24. The number of Topliss-reactive ketones (excluding diaryl/α,β-unsaturated/α-hetero) is 1. The maximum atomic E-state index is 13.5. The lowest BCUT2D eigenvalue weighted by Gasteiger charge is -2.26. The summed E-state index contributed by atoms with van der Waals surface area (Å²) in [5.74, 6) is -1.18. The zero-order valence-electron chi connectivity index (χ0n) is 19.7. The molecule has 0 saturated carbocycles. The van der Waals surface area contributed by atoms with Gasteiger partial charge in [-0.15, -0.1) is 0 Å². The molecule has 1 aliphatic rings. The van der Waals surface area contributed by atoms with Crippen molar-refractivity contribution < 1.29 is 28.6 Å². The first-order valence-corrected chi connectivity index (χ1v) is 11.4. The molecule has 7 heteroatoms. The Balaban J connectivity index is 1.85. The van der Waals surface area contributed by atoms with Gasteiger partial charge in [-0.1, -0.05) is 12.1 Å². The zero-order chi connectivity index (χ0) is 25.1. The van der Waals surface area contributed by atoms with E-state index in [1.807, 2.05) is 20.8 Å². The Bertz CT molecular complexity index is 1250. The van der Waals surface area contributed by atoms with Gasteiger partial charge in [-0.05, 0) is 87.0 Å². The normalized spacial score (nSPS) is 17.2. The van der Waals surface area contributed by atoms with E-state index in [9.17, 15) is 19.1 Å². The summed E-state index contributed by atoms with van der Waals surface area (Å²) in [7, 11) is 0. The molecule has 1 heterocycles. The molecule has 1 N–H and O–H groups in total. The minimum Gasteiger partial charge on any atom is -0.507 e. The summed E-state index contributed by atoms with van der Waals surface area (Å²) in [6.45, 7) is 6.19. The molecule has 1 atom stereocenters. The topological polar surface area (TPSA) is 76.1 Å². The first kappa shape index (κ1) is 24.0. The Morgan fingerprint density at radius 3 is 2.11 bits per heavy atom. The van der Waals surface area contributed by atoms with Gasteiger partial charge in [0.1, 0.15) is 23.1 Å². The Morgan fingerprint density at radius 2 is 1.54 bits per heavy atom. The van der Waals surface area contributed by atoms with Crippen LogP contribution < -0.4 is 14.4 Å². The van der Waals surface area contributed by atoms with Crippen molar-refractivity contribution in [3.63, 3.8) is 0 Å². The van der Waals surface area contributed by atoms with E-state index in [0.717, 1.165) is 0 Å². The molecule has 1 unspecified atom stereocenters. The summed E-state index contributed by atoms with van der Waals surface area (Å²) >= 11 is 0. The number of ether oxygens (including phenoxy) is 2. The number of aliphatic hydroxyl groups excluding tert-OH is 1. The molecule has 1 fully saturated rings. The molecule has 3 aromatic rings. The van der Waals surface area contributed by atoms with Crippen molar-refractivity contribution in [2.75, 3.05) is 11.5 Å². The number of benzene rings is 3. The highest BCUT2D eigenvalue weighted by Crippen LogP contribution is 2.42. The van der Waals surface area contributed by atoms with E-state index in [4.69, 9.17) is 9.47 Å². The molecule has 1 aliphatic heterocycles. The Labute approximate surface area is 203 Å². The average molecular weight is 476 g/mol. The number of rotatable bonds is 7. The maximum absolute atomic E-state index is 13.5. The highest BCUT2D eigenvalue weighted by atomic mass is 19.1. The van der Waals surface area contributed by atoms with E-state index in [2.05, 4.69) is 0 Å². The van der Waals surface area contributed by atoms with Crippen LogP contribution in [0.15, 0.2) is 78.4 Å². The molecule has 4 rings (SSSR count). The number of halogens is 1. The van der Waals surface area contributed by atoms with Gasteiger partial charge in [0.25, 0.3) is 11.7 Å². The predicted molar refractivity (Wildman–Crippen MR) is 131 cm³/mol. The van der Waals surface area contributed by atoms with Crippen molar-refractivity contribution in [3.8, 4) is 11.5 Å². The number of aliphatic hydroxyl groups is 1. The number of carbonyl (C=O) groups excluding carboxylic acids is 2. The molecule has 0 spiro atoms. The zero-order valence-corrected chi connectivity index (χ0v) is 19.7. The lowest BCUT2D eigenvalue weighted by Crippen LogP contribution is -2.29. The lowest BCUT2D eigenvalue weighted by atomic mass is 9.95. The van der Waals surface area contributed by atoms with Gasteiger partial charge < -0.3 is 14.6 Å². The summed E-state index contributed by atoms with van der Waals surface area (Å²) in [6, 6.07) is 18.1. The molecule has 0 aromatic heterocycles. The van der Waals surface area contributed by atoms with Crippen LogP contribution in [0.2, 0.25) is 0 Å². The van der Waals surface area contributed by atoms with Gasteiger partial charge in [0.05, 0.1) is 24.3 Å². The number of nitrogens with zero attached hydrogens (tertiary/aromatic N) is 1. The second-order valence-electron chi connectivity index (χ2n) is 8.34. The molecule has 3 aromatic carbocycles. The largest absolute Gasteiger partial charge is 0.507 e. The van der Waals surface area contributed by atoms with Crippen molar-refractivity contribution in [1.82, 2.24) is 0 Å². The van der Waals surface area contributed by atoms with E-state index in [1.54, 1.807) is 48.5 Å². The van der Waals surface area contributed by atoms with Crippen molar-refractivity contribution in [2.24, 2.45) is 0 Å². The molecule has 0 aliphatic carbocycles. The van der Waals surface area contributed by atoms with Gasteiger partial charge >= 0.3 is 0 Å². The van der Waals surface area contributed by atoms with Crippen LogP contribution in [0.1, 0.15) is 37.9 Å². The fourth-order valence-electron chi connectivity index (χ4n) is 4.05. The van der Waals surface area contributed by atoms with Gasteiger partial charge in [0.15, 0.2) is 0 Å². The van der Waals surface area contributed by atoms with Crippen molar-refractivity contribution in [3.05, 3.63) is 95.3 Å². The molecule has 35 heavy (non-hydrogen) atoms. The van der Waals surface area contributed by atoms with Gasteiger partial charge in [-0.3, -0.25) is 14.5 Å². The summed E-state index contributed by atoms with van der Waals surface area (Å²) in [4.78, 5) is 27.8. The van der Waals surface area contributed by atoms with E-state index in [1.165, 1.54) is 29.2 Å². The Kier molecular flexibility index (Phi) is 6.87. The number of ketones is 1. The number of hydrogen-bond donors (Lipinski definition) is 1. The van der Waals surface area contributed by atoms with Crippen molar-refractivity contribution in [2.45, 2.75) is 32.9 Å². The van der Waals surface area contributed by atoms with E-state index >= 15 is 0 Å². The van der Waals surface area contributed by atoms with Crippen LogP contribution in [0.5, 0.6) is 11.5 Å². The van der Waals surface area contributed by atoms with Crippen LogP contribution in [-0.4, -0.2) is 29.5 Å². The van der Waals surface area contributed by atoms with E-state index in [0.29, 0.717) is 29.4 Å². The number of amides is 1. The third-order valence-corrected chi connectivity index (χ3v) is 5.56. The van der Waals surface area contributed by atoms with Crippen LogP contribution in [0, 0.1) is 5.82 Å². The number of hydrogen-bond acceptors (Lipinski definition) is 5. The molecule has 1 saturated heterocycles. The van der Waals surface area contributed by atoms with Gasteiger partial charge in [-0.2, -0.15) is 0 Å². The van der Waals surface area contributed by atoms with Crippen LogP contribution in [0.4, 0.5) is 10.1 Å². The van der Waals surface area contributed by atoms with Crippen LogP contribution in [0.25, 0.3) is 5.76 Å². The lowest BCUT2D eigenvalue weighted by molar-refractivity contribution is -0.132. The minimum absolute atomic E-state index is 0.0196.